The van der Waals surface area contributed by atoms with E-state index in [0.29, 0.717) is 19.0 Å². The van der Waals surface area contributed by atoms with Crippen molar-refractivity contribution in [3.8, 4) is 5.75 Å². The number of hydrogen-bond donors (Lipinski definition) is 0. The van der Waals surface area contributed by atoms with Crippen LogP contribution < -0.4 is 4.74 Å². The van der Waals surface area contributed by atoms with Gasteiger partial charge in [-0.05, 0) is 56.9 Å². The number of benzene rings is 1. The number of thioether (sulfide) groups is 1. The van der Waals surface area contributed by atoms with Crippen molar-refractivity contribution >= 4 is 23.6 Å². The number of carbonyl (C=O) groups excluding carboxylic acids is 2. The van der Waals surface area contributed by atoms with Crippen LogP contribution in [-0.2, 0) is 9.59 Å². The molecule has 0 spiro atoms. The summed E-state index contributed by atoms with van der Waals surface area (Å²) in [4.78, 5) is 30.2. The third-order valence-electron chi connectivity index (χ3n) is 5.29. The van der Waals surface area contributed by atoms with Gasteiger partial charge >= 0.3 is 0 Å². The van der Waals surface area contributed by atoms with Gasteiger partial charge < -0.3 is 14.5 Å². The summed E-state index contributed by atoms with van der Waals surface area (Å²) in [5.74, 6) is 1.38. The van der Waals surface area contributed by atoms with E-state index < -0.39 is 0 Å². The van der Waals surface area contributed by atoms with Crippen molar-refractivity contribution in [3.05, 3.63) is 24.3 Å². The fourth-order valence-corrected chi connectivity index (χ4v) is 4.66. The fourth-order valence-electron chi connectivity index (χ4n) is 3.71. The van der Waals surface area contributed by atoms with Crippen LogP contribution in [0.4, 0.5) is 0 Å². The van der Waals surface area contributed by atoms with Crippen LogP contribution in [0, 0.1) is 5.92 Å². The summed E-state index contributed by atoms with van der Waals surface area (Å²) < 4.78 is 5.17. The molecule has 142 valence electrons. The van der Waals surface area contributed by atoms with Gasteiger partial charge in [-0.3, -0.25) is 9.59 Å². The maximum Gasteiger partial charge on any atom is 0.235 e. The first-order valence-corrected chi connectivity index (χ1v) is 10.3. The van der Waals surface area contributed by atoms with Gasteiger partial charge in [-0.15, -0.1) is 11.8 Å². The van der Waals surface area contributed by atoms with Gasteiger partial charge in [0.25, 0.3) is 0 Å². The van der Waals surface area contributed by atoms with Gasteiger partial charge in [-0.25, -0.2) is 0 Å². The molecule has 0 bridgehead atoms. The Morgan fingerprint density at radius 1 is 1.04 bits per heavy atom. The zero-order valence-electron chi connectivity index (χ0n) is 15.6. The molecule has 26 heavy (non-hydrogen) atoms. The summed E-state index contributed by atoms with van der Waals surface area (Å²) in [6, 6.07) is 7.78. The van der Waals surface area contributed by atoms with Crippen molar-refractivity contribution in [2.24, 2.45) is 5.92 Å². The molecular weight excluding hydrogens is 348 g/mol. The van der Waals surface area contributed by atoms with E-state index in [4.69, 9.17) is 4.74 Å². The van der Waals surface area contributed by atoms with Gasteiger partial charge in [0.2, 0.25) is 11.8 Å². The topological polar surface area (TPSA) is 49.9 Å². The smallest absolute Gasteiger partial charge is 0.235 e. The van der Waals surface area contributed by atoms with E-state index >= 15 is 0 Å². The number of carbonyl (C=O) groups is 2. The zero-order valence-corrected chi connectivity index (χ0v) is 16.5. The van der Waals surface area contributed by atoms with Gasteiger partial charge in [0.05, 0.1) is 12.4 Å². The lowest BCUT2D eigenvalue weighted by Gasteiger charge is -2.34. The fraction of sp³-hybridized carbons (Fsp3) is 0.600. The molecule has 2 saturated heterocycles. The molecule has 2 aliphatic rings. The summed E-state index contributed by atoms with van der Waals surface area (Å²) in [6.45, 7) is 5.16. The predicted octanol–water partition coefficient (Wildman–Crippen LogP) is 3.04. The Bertz CT molecular complexity index is 620. The minimum absolute atomic E-state index is 0.0988. The predicted molar refractivity (Wildman–Crippen MR) is 103 cm³/mol. The van der Waals surface area contributed by atoms with Gasteiger partial charge in [0.1, 0.15) is 5.75 Å². The molecule has 1 aromatic carbocycles. The van der Waals surface area contributed by atoms with E-state index in [1.54, 1.807) is 18.9 Å². The van der Waals surface area contributed by atoms with E-state index in [1.807, 2.05) is 41.0 Å². The molecule has 0 radical (unpaired) electrons. The molecule has 0 aromatic heterocycles. The lowest BCUT2D eigenvalue weighted by Crippen LogP contribution is -2.45. The molecule has 6 heteroatoms. The molecule has 5 nitrogen and oxygen atoms in total. The highest BCUT2D eigenvalue weighted by Gasteiger charge is 2.32. The summed E-state index contributed by atoms with van der Waals surface area (Å²) in [5.41, 5.74) is 0. The molecule has 3 rings (SSSR count). The monoisotopic (exact) mass is 376 g/mol. The number of rotatable bonds is 5. The first kappa shape index (κ1) is 19.1. The Balaban J connectivity index is 1.48. The lowest BCUT2D eigenvalue weighted by molar-refractivity contribution is -0.139. The normalized spacial score (nSPS) is 19.5. The van der Waals surface area contributed by atoms with Crippen molar-refractivity contribution in [2.75, 3.05) is 33.3 Å². The third-order valence-corrected chi connectivity index (χ3v) is 6.39. The number of likely N-dealkylation sites (tertiary alicyclic amines) is 2. The number of amides is 2. The molecular formula is C20H28N2O3S. The van der Waals surface area contributed by atoms with Crippen LogP contribution >= 0.6 is 11.8 Å². The van der Waals surface area contributed by atoms with Crippen LogP contribution in [0.15, 0.2) is 29.2 Å². The molecule has 2 fully saturated rings. The van der Waals surface area contributed by atoms with Crippen LogP contribution in [0.1, 0.15) is 32.6 Å². The third kappa shape index (κ3) is 4.53. The first-order chi connectivity index (χ1) is 12.6. The maximum absolute atomic E-state index is 12.7. The standard InChI is InChI=1S/C20H28N2O3S/c1-15(26-18-7-5-17(25-2)6-8-18)19(23)22-13-9-16(10-14-22)20(24)21-11-3-4-12-21/h5-8,15-16H,3-4,9-14H2,1-2H3/t15-/m1/s1. The van der Waals surface area contributed by atoms with Gasteiger partial charge in [0.15, 0.2) is 0 Å². The number of hydrogen-bond acceptors (Lipinski definition) is 4. The lowest BCUT2D eigenvalue weighted by atomic mass is 9.95. The number of ether oxygens (including phenoxy) is 1. The molecule has 0 N–H and O–H groups in total. The SMILES string of the molecule is COc1ccc(S[C@H](C)C(=O)N2CCC(C(=O)N3CCCC3)CC2)cc1. The van der Waals surface area contributed by atoms with Crippen LogP contribution in [0.3, 0.4) is 0 Å². The molecule has 2 amide bonds. The number of nitrogens with zero attached hydrogens (tertiary/aromatic N) is 2. The quantitative estimate of drug-likeness (QED) is 0.741. The first-order valence-electron chi connectivity index (χ1n) is 9.47. The second kappa shape index (κ2) is 8.80. The second-order valence-electron chi connectivity index (χ2n) is 7.07. The summed E-state index contributed by atoms with van der Waals surface area (Å²) in [7, 11) is 1.65. The van der Waals surface area contributed by atoms with E-state index in [9.17, 15) is 9.59 Å². The van der Waals surface area contributed by atoms with Crippen molar-refractivity contribution in [1.82, 2.24) is 9.80 Å². The van der Waals surface area contributed by atoms with E-state index in [-0.39, 0.29) is 17.1 Å². The Hall–Kier alpha value is -1.69. The summed E-state index contributed by atoms with van der Waals surface area (Å²) in [5, 5.41) is -0.130. The largest absolute Gasteiger partial charge is 0.497 e. The summed E-state index contributed by atoms with van der Waals surface area (Å²) in [6.07, 6.45) is 3.84. The maximum atomic E-state index is 12.7. The second-order valence-corrected chi connectivity index (χ2v) is 8.48. The van der Waals surface area contributed by atoms with Gasteiger partial charge in [-0.1, -0.05) is 0 Å². The zero-order chi connectivity index (χ0) is 18.5. The highest BCUT2D eigenvalue weighted by molar-refractivity contribution is 8.00. The highest BCUT2D eigenvalue weighted by Crippen LogP contribution is 2.28. The Morgan fingerprint density at radius 3 is 2.23 bits per heavy atom. The molecule has 0 aliphatic carbocycles. The molecule has 1 atom stereocenters. The van der Waals surface area contributed by atoms with E-state index in [1.165, 1.54) is 0 Å². The number of methoxy groups -OCH3 is 1. The Morgan fingerprint density at radius 2 is 1.65 bits per heavy atom. The van der Waals surface area contributed by atoms with E-state index in [0.717, 1.165) is 49.4 Å². The van der Waals surface area contributed by atoms with Gasteiger partial charge in [-0.2, -0.15) is 0 Å². The Labute approximate surface area is 160 Å². The molecule has 1 aromatic rings. The van der Waals surface area contributed by atoms with Crippen molar-refractivity contribution in [3.63, 3.8) is 0 Å². The highest BCUT2D eigenvalue weighted by atomic mass is 32.2. The molecule has 2 heterocycles. The van der Waals surface area contributed by atoms with Crippen molar-refractivity contribution < 1.29 is 14.3 Å². The van der Waals surface area contributed by atoms with Crippen LogP contribution in [0.25, 0.3) is 0 Å². The van der Waals surface area contributed by atoms with E-state index in [2.05, 4.69) is 0 Å². The molecule has 0 saturated carbocycles. The van der Waals surface area contributed by atoms with Crippen molar-refractivity contribution in [2.45, 2.75) is 42.8 Å². The number of piperidine rings is 1. The minimum Gasteiger partial charge on any atom is -0.497 e. The van der Waals surface area contributed by atoms with Crippen LogP contribution in [0.5, 0.6) is 5.75 Å². The molecule has 2 aliphatic heterocycles. The molecule has 0 unspecified atom stereocenters. The van der Waals surface area contributed by atoms with Crippen molar-refractivity contribution in [1.29, 1.82) is 0 Å². The van der Waals surface area contributed by atoms with Crippen LogP contribution in [-0.4, -0.2) is 60.2 Å². The summed E-state index contributed by atoms with van der Waals surface area (Å²) >= 11 is 1.57. The Kier molecular flexibility index (Phi) is 6.46. The average Bonchev–Trinajstić information content (AvgIpc) is 3.22. The van der Waals surface area contributed by atoms with Crippen LogP contribution in [0.2, 0.25) is 0 Å². The van der Waals surface area contributed by atoms with Gasteiger partial charge in [0, 0.05) is 37.0 Å². The average molecular weight is 377 g/mol. The minimum atomic E-state index is -0.130.